The monoisotopic (exact) mass is 277 g/mol. The van der Waals surface area contributed by atoms with Crippen LogP contribution in [0.1, 0.15) is 6.42 Å². The molecule has 0 saturated heterocycles. The van der Waals surface area contributed by atoms with Crippen LogP contribution in [0.2, 0.25) is 5.02 Å². The molecule has 98 valence electrons. The Bertz CT molecular complexity index is 680. The number of nitrogens with zero attached hydrogens (tertiary/aromatic N) is 2. The maximum absolute atomic E-state index is 12.4. The molecule has 2 N–H and O–H groups in total. The first kappa shape index (κ1) is 12.0. The minimum atomic E-state index is -0.257. The predicted molar refractivity (Wildman–Crippen MR) is 73.7 cm³/mol. The van der Waals surface area contributed by atoms with Gasteiger partial charge in [0.2, 0.25) is 11.8 Å². The lowest BCUT2D eigenvalue weighted by Crippen LogP contribution is -2.31. The Morgan fingerprint density at radius 1 is 1.32 bits per heavy atom. The molecule has 2 heterocycles. The van der Waals surface area contributed by atoms with Gasteiger partial charge in [-0.3, -0.25) is 9.36 Å². The Hall–Kier alpha value is -2.01. The summed E-state index contributed by atoms with van der Waals surface area (Å²) in [7, 11) is 0. The fraction of sp³-hybridized carbons (Fsp3) is 0.231. The standard InChI is InChI=1S/C13H12ClN3O2/c14-9-4-2-8(3-5-9)10-11(18)16-13-15-6-1-7-17(13)12(10)19/h2-5,18H,1,6-7H2,(H,15,16). The predicted octanol–water partition coefficient (Wildman–Crippen LogP) is 2.08. The van der Waals surface area contributed by atoms with Crippen LogP contribution in [0, 0.1) is 0 Å². The smallest absolute Gasteiger partial charge is 0.266 e. The topological polar surface area (TPSA) is 67.1 Å². The molecular weight excluding hydrogens is 266 g/mol. The van der Waals surface area contributed by atoms with Gasteiger partial charge in [-0.2, -0.15) is 4.98 Å². The number of aromatic nitrogens is 2. The third-order valence-corrected chi connectivity index (χ3v) is 3.38. The minimum Gasteiger partial charge on any atom is -0.493 e. The van der Waals surface area contributed by atoms with Gasteiger partial charge in [0.05, 0.1) is 0 Å². The maximum Gasteiger partial charge on any atom is 0.266 e. The van der Waals surface area contributed by atoms with E-state index in [1.165, 1.54) is 0 Å². The summed E-state index contributed by atoms with van der Waals surface area (Å²) in [6.45, 7) is 1.36. The van der Waals surface area contributed by atoms with E-state index < -0.39 is 0 Å². The lowest BCUT2D eigenvalue weighted by atomic mass is 10.1. The van der Waals surface area contributed by atoms with Crippen LogP contribution in [0.15, 0.2) is 29.1 Å². The number of benzene rings is 1. The molecule has 5 nitrogen and oxygen atoms in total. The summed E-state index contributed by atoms with van der Waals surface area (Å²) in [5.41, 5.74) is 0.585. The van der Waals surface area contributed by atoms with Gasteiger partial charge in [0.1, 0.15) is 5.56 Å². The second kappa shape index (κ2) is 4.59. The Kier molecular flexibility index (Phi) is 2.91. The number of nitrogens with one attached hydrogen (secondary N) is 1. The molecular formula is C13H12ClN3O2. The minimum absolute atomic E-state index is 0.212. The normalized spacial score (nSPS) is 13.7. The SMILES string of the molecule is O=c1c(-c2ccc(Cl)cc2)c(O)nc2n1CCCN2. The number of hydrogen-bond acceptors (Lipinski definition) is 4. The van der Waals surface area contributed by atoms with E-state index in [-0.39, 0.29) is 17.0 Å². The van der Waals surface area contributed by atoms with Crippen molar-refractivity contribution in [1.82, 2.24) is 9.55 Å². The largest absolute Gasteiger partial charge is 0.493 e. The first-order valence-corrected chi connectivity index (χ1v) is 6.38. The van der Waals surface area contributed by atoms with Crippen LogP contribution in [0.5, 0.6) is 5.88 Å². The first-order chi connectivity index (χ1) is 9.16. The Labute approximate surface area is 114 Å². The summed E-state index contributed by atoms with van der Waals surface area (Å²) in [4.78, 5) is 16.5. The molecule has 2 aromatic rings. The van der Waals surface area contributed by atoms with Gasteiger partial charge >= 0.3 is 0 Å². The summed E-state index contributed by atoms with van der Waals surface area (Å²) in [5, 5.41) is 13.6. The van der Waals surface area contributed by atoms with Crippen LogP contribution in [0.4, 0.5) is 5.95 Å². The number of halogens is 1. The molecule has 1 aliphatic heterocycles. The number of rotatable bonds is 1. The van der Waals surface area contributed by atoms with Gasteiger partial charge in [-0.25, -0.2) is 0 Å². The van der Waals surface area contributed by atoms with Crippen molar-refractivity contribution in [3.05, 3.63) is 39.6 Å². The van der Waals surface area contributed by atoms with E-state index in [2.05, 4.69) is 10.3 Å². The van der Waals surface area contributed by atoms with Gasteiger partial charge < -0.3 is 10.4 Å². The molecule has 0 amide bonds. The molecule has 0 atom stereocenters. The molecule has 6 heteroatoms. The van der Waals surface area contributed by atoms with Crippen LogP contribution in [0.3, 0.4) is 0 Å². The lowest BCUT2D eigenvalue weighted by molar-refractivity contribution is 0.447. The number of anilines is 1. The van der Waals surface area contributed by atoms with Crippen molar-refractivity contribution in [2.24, 2.45) is 0 Å². The zero-order valence-electron chi connectivity index (χ0n) is 10.1. The molecule has 1 aromatic carbocycles. The zero-order chi connectivity index (χ0) is 13.4. The molecule has 1 aromatic heterocycles. The third-order valence-electron chi connectivity index (χ3n) is 3.12. The van der Waals surface area contributed by atoms with Crippen molar-refractivity contribution >= 4 is 17.5 Å². The van der Waals surface area contributed by atoms with E-state index in [1.54, 1.807) is 28.8 Å². The first-order valence-electron chi connectivity index (χ1n) is 6.00. The van der Waals surface area contributed by atoms with E-state index in [1.807, 2.05) is 0 Å². The van der Waals surface area contributed by atoms with Crippen LogP contribution in [-0.4, -0.2) is 21.2 Å². The zero-order valence-corrected chi connectivity index (χ0v) is 10.8. The summed E-state index contributed by atoms with van der Waals surface area (Å²) in [6, 6.07) is 6.75. The lowest BCUT2D eigenvalue weighted by Gasteiger charge is -2.20. The van der Waals surface area contributed by atoms with Crippen molar-refractivity contribution in [3.8, 4) is 17.0 Å². The second-order valence-corrected chi connectivity index (χ2v) is 4.81. The van der Waals surface area contributed by atoms with Crippen LogP contribution in [-0.2, 0) is 6.54 Å². The Morgan fingerprint density at radius 3 is 2.79 bits per heavy atom. The molecule has 0 spiro atoms. The number of fused-ring (bicyclic) bond motifs is 1. The summed E-state index contributed by atoms with van der Waals surface area (Å²) >= 11 is 5.82. The van der Waals surface area contributed by atoms with Crippen LogP contribution >= 0.6 is 11.6 Å². The highest BCUT2D eigenvalue weighted by molar-refractivity contribution is 6.30. The third kappa shape index (κ3) is 2.06. The van der Waals surface area contributed by atoms with Crippen LogP contribution < -0.4 is 10.9 Å². The highest BCUT2D eigenvalue weighted by Crippen LogP contribution is 2.27. The van der Waals surface area contributed by atoms with E-state index >= 15 is 0 Å². The molecule has 0 unspecified atom stereocenters. The molecule has 0 aliphatic carbocycles. The van der Waals surface area contributed by atoms with Gasteiger partial charge in [0, 0.05) is 18.1 Å². The van der Waals surface area contributed by atoms with Crippen molar-refractivity contribution in [3.63, 3.8) is 0 Å². The van der Waals surface area contributed by atoms with Gasteiger partial charge in [0.15, 0.2) is 0 Å². The molecule has 1 aliphatic rings. The van der Waals surface area contributed by atoms with E-state index in [9.17, 15) is 9.90 Å². The Morgan fingerprint density at radius 2 is 2.05 bits per heavy atom. The van der Waals surface area contributed by atoms with Crippen molar-refractivity contribution < 1.29 is 5.11 Å². The number of aromatic hydroxyl groups is 1. The van der Waals surface area contributed by atoms with E-state index in [4.69, 9.17) is 11.6 Å². The number of hydrogen-bond donors (Lipinski definition) is 2. The second-order valence-electron chi connectivity index (χ2n) is 4.38. The highest BCUT2D eigenvalue weighted by Gasteiger charge is 2.19. The summed E-state index contributed by atoms with van der Waals surface area (Å²) < 4.78 is 1.55. The van der Waals surface area contributed by atoms with Gasteiger partial charge in [0.25, 0.3) is 5.56 Å². The summed E-state index contributed by atoms with van der Waals surface area (Å²) in [5.74, 6) is 0.166. The van der Waals surface area contributed by atoms with E-state index in [0.717, 1.165) is 13.0 Å². The fourth-order valence-electron chi connectivity index (χ4n) is 2.19. The van der Waals surface area contributed by atoms with Crippen LogP contribution in [0.25, 0.3) is 11.1 Å². The molecule has 0 bridgehead atoms. The molecule has 19 heavy (non-hydrogen) atoms. The van der Waals surface area contributed by atoms with Gasteiger partial charge in [-0.1, -0.05) is 23.7 Å². The van der Waals surface area contributed by atoms with Crippen molar-refractivity contribution in [2.45, 2.75) is 13.0 Å². The molecule has 3 rings (SSSR count). The highest BCUT2D eigenvalue weighted by atomic mass is 35.5. The van der Waals surface area contributed by atoms with Crippen molar-refractivity contribution in [1.29, 1.82) is 0 Å². The summed E-state index contributed by atoms with van der Waals surface area (Å²) in [6.07, 6.45) is 0.861. The molecule has 0 saturated carbocycles. The fourth-order valence-corrected chi connectivity index (χ4v) is 2.32. The van der Waals surface area contributed by atoms with Gasteiger partial charge in [-0.05, 0) is 24.1 Å². The average molecular weight is 278 g/mol. The van der Waals surface area contributed by atoms with E-state index in [0.29, 0.717) is 23.1 Å². The molecule has 0 radical (unpaired) electrons. The average Bonchev–Trinajstić information content (AvgIpc) is 2.41. The molecule has 0 fully saturated rings. The van der Waals surface area contributed by atoms with Crippen molar-refractivity contribution in [2.75, 3.05) is 11.9 Å². The van der Waals surface area contributed by atoms with Gasteiger partial charge in [-0.15, -0.1) is 0 Å². The Balaban J connectivity index is 2.21. The quantitative estimate of drug-likeness (QED) is 0.837. The maximum atomic E-state index is 12.4.